The number of nitrogens with zero attached hydrogens (tertiary/aromatic N) is 1. The van der Waals surface area contributed by atoms with Crippen molar-refractivity contribution in [2.24, 2.45) is 0 Å². The lowest BCUT2D eigenvalue weighted by molar-refractivity contribution is 0.102. The fourth-order valence-electron chi connectivity index (χ4n) is 2.48. The molecule has 0 atom stereocenters. The van der Waals surface area contributed by atoms with Crippen LogP contribution in [0.2, 0.25) is 0 Å². The molecular weight excluding hydrogens is 366 g/mol. The van der Waals surface area contributed by atoms with Gasteiger partial charge in [-0.05, 0) is 56.2 Å². The largest absolute Gasteiger partial charge is 0.360 e. The molecule has 0 saturated carbocycles. The molecule has 3 aromatic rings. The summed E-state index contributed by atoms with van der Waals surface area (Å²) in [6.07, 6.45) is 0. The zero-order valence-electron chi connectivity index (χ0n) is 15.1. The lowest BCUT2D eigenvalue weighted by atomic mass is 10.1. The molecule has 2 N–H and O–H groups in total. The predicted molar refractivity (Wildman–Crippen MR) is 102 cm³/mol. The molecule has 3 rings (SSSR count). The molecule has 0 saturated heterocycles. The third-order valence-corrected chi connectivity index (χ3v) is 5.49. The van der Waals surface area contributed by atoms with Crippen LogP contribution in [0.15, 0.2) is 57.9 Å². The number of hydrogen-bond donors (Lipinski definition) is 2. The molecule has 0 fully saturated rings. The van der Waals surface area contributed by atoms with E-state index in [1.807, 2.05) is 19.9 Å². The quantitative estimate of drug-likeness (QED) is 0.698. The van der Waals surface area contributed by atoms with Crippen LogP contribution in [0, 0.1) is 20.8 Å². The van der Waals surface area contributed by atoms with Crippen molar-refractivity contribution in [1.82, 2.24) is 5.16 Å². The van der Waals surface area contributed by atoms with Gasteiger partial charge in [0, 0.05) is 11.6 Å². The number of aromatic nitrogens is 1. The van der Waals surface area contributed by atoms with E-state index >= 15 is 0 Å². The van der Waals surface area contributed by atoms with Gasteiger partial charge < -0.3 is 9.84 Å². The first-order chi connectivity index (χ1) is 12.8. The van der Waals surface area contributed by atoms with Crippen molar-refractivity contribution in [2.45, 2.75) is 25.7 Å². The number of rotatable bonds is 5. The highest BCUT2D eigenvalue weighted by molar-refractivity contribution is 7.92. The molecule has 0 bridgehead atoms. The molecule has 140 valence electrons. The summed E-state index contributed by atoms with van der Waals surface area (Å²) in [6.45, 7) is 5.45. The second kappa shape index (κ2) is 7.24. The zero-order valence-corrected chi connectivity index (χ0v) is 15.9. The maximum atomic E-state index is 12.7. The minimum Gasteiger partial charge on any atom is -0.360 e. The molecule has 2 aromatic carbocycles. The molecule has 27 heavy (non-hydrogen) atoms. The van der Waals surface area contributed by atoms with E-state index in [2.05, 4.69) is 15.2 Å². The highest BCUT2D eigenvalue weighted by Gasteiger charge is 2.18. The summed E-state index contributed by atoms with van der Waals surface area (Å²) in [4.78, 5) is 12.3. The average molecular weight is 385 g/mol. The number of carbonyl (C=O) groups excluding carboxylic acids is 1. The molecule has 1 heterocycles. The first-order valence-corrected chi connectivity index (χ1v) is 9.68. The molecule has 1 aromatic heterocycles. The van der Waals surface area contributed by atoms with E-state index in [4.69, 9.17) is 4.52 Å². The van der Waals surface area contributed by atoms with E-state index < -0.39 is 15.9 Å². The lowest BCUT2D eigenvalue weighted by Crippen LogP contribution is -2.16. The van der Waals surface area contributed by atoms with Crippen molar-refractivity contribution in [3.8, 4) is 0 Å². The van der Waals surface area contributed by atoms with Crippen molar-refractivity contribution in [1.29, 1.82) is 0 Å². The summed E-state index contributed by atoms with van der Waals surface area (Å²) in [6, 6.07) is 12.7. The molecule has 1 amide bonds. The van der Waals surface area contributed by atoms with Gasteiger partial charge in [0.15, 0.2) is 5.82 Å². The Kier molecular flexibility index (Phi) is 5.00. The van der Waals surface area contributed by atoms with Crippen LogP contribution in [0.4, 0.5) is 11.5 Å². The van der Waals surface area contributed by atoms with E-state index in [-0.39, 0.29) is 16.3 Å². The van der Waals surface area contributed by atoms with Crippen LogP contribution in [-0.2, 0) is 10.0 Å². The fraction of sp³-hybridized carbons (Fsp3) is 0.158. The molecular formula is C19H19N3O4S. The van der Waals surface area contributed by atoms with Crippen molar-refractivity contribution in [3.05, 3.63) is 71.0 Å². The molecule has 0 unspecified atom stereocenters. The van der Waals surface area contributed by atoms with Crippen molar-refractivity contribution >= 4 is 27.4 Å². The van der Waals surface area contributed by atoms with Crippen LogP contribution in [-0.4, -0.2) is 19.5 Å². The van der Waals surface area contributed by atoms with E-state index in [0.29, 0.717) is 11.4 Å². The van der Waals surface area contributed by atoms with Crippen LogP contribution >= 0.6 is 0 Å². The highest BCUT2D eigenvalue weighted by atomic mass is 32.2. The number of nitrogens with one attached hydrogen (secondary N) is 2. The monoisotopic (exact) mass is 385 g/mol. The van der Waals surface area contributed by atoms with Gasteiger partial charge in [0.1, 0.15) is 5.76 Å². The van der Waals surface area contributed by atoms with Crippen LogP contribution < -0.4 is 10.0 Å². The van der Waals surface area contributed by atoms with Crippen molar-refractivity contribution in [2.75, 3.05) is 10.0 Å². The van der Waals surface area contributed by atoms with Crippen LogP contribution in [0.3, 0.4) is 0 Å². The topological polar surface area (TPSA) is 101 Å². The normalized spacial score (nSPS) is 11.2. The smallest absolute Gasteiger partial charge is 0.261 e. The molecule has 0 radical (unpaired) electrons. The lowest BCUT2D eigenvalue weighted by Gasteiger charge is -2.12. The second-order valence-electron chi connectivity index (χ2n) is 6.16. The summed E-state index contributed by atoms with van der Waals surface area (Å²) in [7, 11) is -3.84. The highest BCUT2D eigenvalue weighted by Crippen LogP contribution is 2.22. The van der Waals surface area contributed by atoms with E-state index in [1.165, 1.54) is 24.3 Å². The third-order valence-electron chi connectivity index (χ3n) is 4.13. The Morgan fingerprint density at radius 1 is 1.04 bits per heavy atom. The standard InChI is InChI=1S/C19H19N3O4S/c1-12-6-4-9-17(14(12)3)22-27(24,25)16-8-5-7-15(11-16)19(23)20-18-10-13(2)26-21-18/h4-11,22H,1-3H3,(H,20,21,23). The minimum absolute atomic E-state index is 0.00705. The minimum atomic E-state index is -3.84. The Bertz CT molecular complexity index is 1100. The number of benzene rings is 2. The first-order valence-electron chi connectivity index (χ1n) is 8.20. The molecule has 8 heteroatoms. The van der Waals surface area contributed by atoms with Gasteiger partial charge in [-0.1, -0.05) is 23.4 Å². The molecule has 0 aliphatic heterocycles. The summed E-state index contributed by atoms with van der Waals surface area (Å²) in [5.74, 6) is 0.339. The Morgan fingerprint density at radius 2 is 1.78 bits per heavy atom. The van der Waals surface area contributed by atoms with E-state index in [1.54, 1.807) is 25.1 Å². The van der Waals surface area contributed by atoms with E-state index in [0.717, 1.165) is 11.1 Å². The molecule has 0 spiro atoms. The van der Waals surface area contributed by atoms with Gasteiger partial charge >= 0.3 is 0 Å². The Morgan fingerprint density at radius 3 is 2.48 bits per heavy atom. The molecule has 7 nitrogen and oxygen atoms in total. The summed E-state index contributed by atoms with van der Waals surface area (Å²) in [5, 5.41) is 6.25. The zero-order chi connectivity index (χ0) is 19.6. The van der Waals surface area contributed by atoms with Gasteiger partial charge in [-0.3, -0.25) is 9.52 Å². The van der Waals surface area contributed by atoms with Gasteiger partial charge in [-0.25, -0.2) is 8.42 Å². The number of carbonyl (C=O) groups is 1. The van der Waals surface area contributed by atoms with Crippen LogP contribution in [0.1, 0.15) is 27.2 Å². The number of aryl methyl sites for hydroxylation is 2. The van der Waals surface area contributed by atoms with Crippen LogP contribution in [0.5, 0.6) is 0 Å². The van der Waals surface area contributed by atoms with Gasteiger partial charge in [-0.2, -0.15) is 0 Å². The number of amides is 1. The second-order valence-corrected chi connectivity index (χ2v) is 7.84. The van der Waals surface area contributed by atoms with Gasteiger partial charge in [0.25, 0.3) is 15.9 Å². The number of sulfonamides is 1. The predicted octanol–water partition coefficient (Wildman–Crippen LogP) is 3.65. The number of hydrogen-bond acceptors (Lipinski definition) is 5. The van der Waals surface area contributed by atoms with Crippen molar-refractivity contribution < 1.29 is 17.7 Å². The van der Waals surface area contributed by atoms with Crippen LogP contribution in [0.25, 0.3) is 0 Å². The third kappa shape index (κ3) is 4.17. The van der Waals surface area contributed by atoms with Gasteiger partial charge in [0.05, 0.1) is 10.6 Å². The molecule has 0 aliphatic rings. The Labute approximate surface area is 157 Å². The average Bonchev–Trinajstić information content (AvgIpc) is 3.04. The first kappa shape index (κ1) is 18.7. The maximum absolute atomic E-state index is 12.7. The Balaban J connectivity index is 1.85. The fourth-order valence-corrected chi connectivity index (χ4v) is 3.65. The maximum Gasteiger partial charge on any atom is 0.261 e. The van der Waals surface area contributed by atoms with Crippen molar-refractivity contribution in [3.63, 3.8) is 0 Å². The summed E-state index contributed by atoms with van der Waals surface area (Å²) < 4.78 is 32.9. The van der Waals surface area contributed by atoms with E-state index in [9.17, 15) is 13.2 Å². The summed E-state index contributed by atoms with van der Waals surface area (Å²) in [5.41, 5.74) is 2.52. The molecule has 0 aliphatic carbocycles. The summed E-state index contributed by atoms with van der Waals surface area (Å²) >= 11 is 0. The van der Waals surface area contributed by atoms with Gasteiger partial charge in [0.2, 0.25) is 0 Å². The number of anilines is 2. The Hall–Kier alpha value is -3.13. The SMILES string of the molecule is Cc1cc(NC(=O)c2cccc(S(=O)(=O)Nc3cccc(C)c3C)c2)no1. The van der Waals surface area contributed by atoms with Gasteiger partial charge in [-0.15, -0.1) is 0 Å².